The van der Waals surface area contributed by atoms with Crippen LogP contribution >= 0.6 is 11.3 Å². The highest BCUT2D eigenvalue weighted by Crippen LogP contribution is 2.22. The lowest BCUT2D eigenvalue weighted by molar-refractivity contribution is 0.659. The number of aromatic amines is 1. The molecule has 0 unspecified atom stereocenters. The third kappa shape index (κ3) is 3.16. The quantitative estimate of drug-likeness (QED) is 0.585. The number of nitrogens with zero attached hydrogens (tertiary/aromatic N) is 2. The number of para-hydroxylation sites is 2. The molecule has 0 saturated carbocycles. The fourth-order valence-corrected chi connectivity index (χ4v) is 3.23. The fourth-order valence-electron chi connectivity index (χ4n) is 2.54. The molecule has 0 fully saturated rings. The molecule has 0 saturated heterocycles. The highest BCUT2D eigenvalue weighted by molar-refractivity contribution is 7.13. The topological polar surface area (TPSA) is 53.6 Å². The molecule has 0 aliphatic heterocycles. The van der Waals surface area contributed by atoms with E-state index in [0.717, 1.165) is 34.8 Å². The van der Waals surface area contributed by atoms with Crippen LogP contribution in [0.3, 0.4) is 0 Å². The number of hydrogen-bond acceptors (Lipinski definition) is 4. The number of benzene rings is 1. The van der Waals surface area contributed by atoms with Gasteiger partial charge in [-0.15, -0.1) is 11.3 Å². The summed E-state index contributed by atoms with van der Waals surface area (Å²) >= 11 is 1.71. The van der Waals surface area contributed by atoms with Gasteiger partial charge in [0.15, 0.2) is 0 Å². The summed E-state index contributed by atoms with van der Waals surface area (Å²) in [6.45, 7) is 1.41. The van der Waals surface area contributed by atoms with Gasteiger partial charge in [-0.25, -0.2) is 4.98 Å². The number of thiophene rings is 1. The summed E-state index contributed by atoms with van der Waals surface area (Å²) in [5, 5.41) is 5.47. The Bertz CT molecular complexity index is 879. The molecule has 2 N–H and O–H groups in total. The Morgan fingerprint density at radius 2 is 1.87 bits per heavy atom. The van der Waals surface area contributed by atoms with Gasteiger partial charge in [0.1, 0.15) is 5.82 Å². The molecule has 4 aromatic rings. The summed E-state index contributed by atoms with van der Waals surface area (Å²) in [5.41, 5.74) is 4.14. The predicted octanol–water partition coefficient (Wildman–Crippen LogP) is 3.98. The molecular formula is C18H16N4S. The van der Waals surface area contributed by atoms with Crippen LogP contribution in [0.5, 0.6) is 0 Å². The zero-order valence-electron chi connectivity index (χ0n) is 12.5. The summed E-state index contributed by atoms with van der Waals surface area (Å²) in [7, 11) is 0. The SMILES string of the molecule is c1cc(CNCc2nc3ccccc3[nH]2)nc(-c2cccs2)c1. The zero-order chi connectivity index (χ0) is 15.5. The highest BCUT2D eigenvalue weighted by atomic mass is 32.1. The number of fused-ring (bicyclic) bond motifs is 1. The molecule has 114 valence electrons. The van der Waals surface area contributed by atoms with Crippen LogP contribution < -0.4 is 5.32 Å². The van der Waals surface area contributed by atoms with Crippen LogP contribution in [0.1, 0.15) is 11.5 Å². The molecule has 0 aliphatic rings. The van der Waals surface area contributed by atoms with Crippen LogP contribution in [-0.4, -0.2) is 15.0 Å². The first kappa shape index (κ1) is 14.1. The number of rotatable bonds is 5. The number of hydrogen-bond donors (Lipinski definition) is 2. The van der Waals surface area contributed by atoms with Gasteiger partial charge in [0.25, 0.3) is 0 Å². The maximum absolute atomic E-state index is 4.71. The first-order valence-electron chi connectivity index (χ1n) is 7.53. The zero-order valence-corrected chi connectivity index (χ0v) is 13.3. The van der Waals surface area contributed by atoms with Gasteiger partial charge in [0.2, 0.25) is 0 Å². The number of imidazole rings is 1. The molecule has 0 amide bonds. The maximum atomic E-state index is 4.71. The third-order valence-corrected chi connectivity index (χ3v) is 4.51. The Balaban J connectivity index is 1.42. The lowest BCUT2D eigenvalue weighted by atomic mass is 10.2. The van der Waals surface area contributed by atoms with E-state index in [9.17, 15) is 0 Å². The van der Waals surface area contributed by atoms with Gasteiger partial charge in [-0.3, -0.25) is 4.98 Å². The Morgan fingerprint density at radius 3 is 2.74 bits per heavy atom. The molecule has 0 bridgehead atoms. The summed E-state index contributed by atoms with van der Waals surface area (Å²) in [5.74, 6) is 0.945. The van der Waals surface area contributed by atoms with Gasteiger partial charge in [0.05, 0.1) is 33.8 Å². The van der Waals surface area contributed by atoms with E-state index in [1.165, 1.54) is 4.88 Å². The van der Waals surface area contributed by atoms with Crippen molar-refractivity contribution >= 4 is 22.4 Å². The second-order valence-electron chi connectivity index (χ2n) is 5.30. The minimum atomic E-state index is 0.694. The van der Waals surface area contributed by atoms with E-state index in [1.807, 2.05) is 36.4 Å². The Hall–Kier alpha value is -2.50. The Kier molecular flexibility index (Phi) is 3.88. The van der Waals surface area contributed by atoms with Gasteiger partial charge in [-0.2, -0.15) is 0 Å². The van der Waals surface area contributed by atoms with Gasteiger partial charge in [-0.05, 0) is 35.7 Å². The minimum absolute atomic E-state index is 0.694. The van der Waals surface area contributed by atoms with Crippen molar-refractivity contribution in [1.29, 1.82) is 0 Å². The smallest absolute Gasteiger partial charge is 0.121 e. The van der Waals surface area contributed by atoms with Gasteiger partial charge in [0, 0.05) is 6.54 Å². The molecule has 4 rings (SSSR count). The van der Waals surface area contributed by atoms with Gasteiger partial charge in [-0.1, -0.05) is 24.3 Å². The Morgan fingerprint density at radius 1 is 0.913 bits per heavy atom. The largest absolute Gasteiger partial charge is 0.341 e. The molecule has 0 atom stereocenters. The maximum Gasteiger partial charge on any atom is 0.121 e. The van der Waals surface area contributed by atoms with Crippen molar-refractivity contribution in [1.82, 2.24) is 20.3 Å². The molecule has 0 radical (unpaired) electrons. The normalized spacial score (nSPS) is 11.1. The van der Waals surface area contributed by atoms with Crippen molar-refractivity contribution in [2.24, 2.45) is 0 Å². The average molecular weight is 320 g/mol. The predicted molar refractivity (Wildman–Crippen MR) is 94.2 cm³/mol. The monoisotopic (exact) mass is 320 g/mol. The molecular weight excluding hydrogens is 304 g/mol. The summed E-state index contributed by atoms with van der Waals surface area (Å²) in [6.07, 6.45) is 0. The second kappa shape index (κ2) is 6.32. The molecule has 3 aromatic heterocycles. The van der Waals surface area contributed by atoms with E-state index < -0.39 is 0 Å². The molecule has 23 heavy (non-hydrogen) atoms. The van der Waals surface area contributed by atoms with E-state index in [1.54, 1.807) is 11.3 Å². The first-order valence-corrected chi connectivity index (χ1v) is 8.40. The highest BCUT2D eigenvalue weighted by Gasteiger charge is 2.04. The fraction of sp³-hybridized carbons (Fsp3) is 0.111. The van der Waals surface area contributed by atoms with Crippen molar-refractivity contribution in [2.45, 2.75) is 13.1 Å². The summed E-state index contributed by atoms with van der Waals surface area (Å²) < 4.78 is 0. The average Bonchev–Trinajstić information content (AvgIpc) is 3.24. The van der Waals surface area contributed by atoms with Crippen LogP contribution in [0.15, 0.2) is 60.0 Å². The third-order valence-electron chi connectivity index (χ3n) is 3.62. The van der Waals surface area contributed by atoms with Crippen molar-refractivity contribution < 1.29 is 0 Å². The minimum Gasteiger partial charge on any atom is -0.341 e. The number of pyridine rings is 1. The van der Waals surface area contributed by atoms with Crippen LogP contribution in [0, 0.1) is 0 Å². The van der Waals surface area contributed by atoms with Gasteiger partial charge < -0.3 is 10.3 Å². The number of aromatic nitrogens is 3. The van der Waals surface area contributed by atoms with E-state index in [0.29, 0.717) is 6.54 Å². The van der Waals surface area contributed by atoms with Crippen LogP contribution in [0.2, 0.25) is 0 Å². The van der Waals surface area contributed by atoms with Crippen LogP contribution in [-0.2, 0) is 13.1 Å². The van der Waals surface area contributed by atoms with Gasteiger partial charge >= 0.3 is 0 Å². The van der Waals surface area contributed by atoms with E-state index >= 15 is 0 Å². The molecule has 0 spiro atoms. The molecule has 0 aliphatic carbocycles. The van der Waals surface area contributed by atoms with Crippen molar-refractivity contribution in [3.05, 3.63) is 71.5 Å². The molecule has 1 aromatic carbocycles. The lowest BCUT2D eigenvalue weighted by Gasteiger charge is -2.04. The van der Waals surface area contributed by atoms with Crippen LogP contribution in [0.25, 0.3) is 21.6 Å². The number of nitrogens with one attached hydrogen (secondary N) is 2. The second-order valence-corrected chi connectivity index (χ2v) is 6.24. The lowest BCUT2D eigenvalue weighted by Crippen LogP contribution is -2.14. The van der Waals surface area contributed by atoms with Crippen molar-refractivity contribution in [3.63, 3.8) is 0 Å². The van der Waals surface area contributed by atoms with Crippen molar-refractivity contribution in [2.75, 3.05) is 0 Å². The standard InChI is InChI=1S/C18H16N4S/c1-2-7-15-14(6-1)21-18(22-15)12-19-11-13-5-3-8-16(20-13)17-9-4-10-23-17/h1-10,19H,11-12H2,(H,21,22). The summed E-state index contributed by atoms with van der Waals surface area (Å²) in [6, 6.07) is 18.4. The Labute approximate surface area is 138 Å². The molecule has 4 nitrogen and oxygen atoms in total. The number of H-pyrrole nitrogens is 1. The van der Waals surface area contributed by atoms with E-state index in [4.69, 9.17) is 4.98 Å². The molecule has 3 heterocycles. The first-order chi connectivity index (χ1) is 11.4. The van der Waals surface area contributed by atoms with E-state index in [-0.39, 0.29) is 0 Å². The van der Waals surface area contributed by atoms with Crippen LogP contribution in [0.4, 0.5) is 0 Å². The summed E-state index contributed by atoms with van der Waals surface area (Å²) in [4.78, 5) is 13.8. The molecule has 5 heteroatoms. The van der Waals surface area contributed by atoms with E-state index in [2.05, 4.69) is 38.9 Å². The van der Waals surface area contributed by atoms with Crippen molar-refractivity contribution in [3.8, 4) is 10.6 Å².